The standard InChI is InChI=1S/C17H15ClF2N4O/c1-3-11(18)13-9(2)22-16(23-13)17(25)24-8-6-12-10(5-4-7-21-12)14(24)15(19)20/h3-5,7,14-15H,1-2,6,8H2,(H,22,23)/b13-11-. The van der Waals surface area contributed by atoms with Gasteiger partial charge in [-0.05, 0) is 12.1 Å². The van der Waals surface area contributed by atoms with Gasteiger partial charge in [-0.1, -0.05) is 30.8 Å². The van der Waals surface area contributed by atoms with Crippen molar-refractivity contribution in [2.75, 3.05) is 6.54 Å². The van der Waals surface area contributed by atoms with Crippen molar-refractivity contribution in [2.45, 2.75) is 18.9 Å². The number of amides is 1. The van der Waals surface area contributed by atoms with E-state index in [1.165, 1.54) is 6.08 Å². The lowest BCUT2D eigenvalue weighted by atomic mass is 9.97. The Hall–Kier alpha value is -2.54. The fourth-order valence-electron chi connectivity index (χ4n) is 2.90. The number of halogens is 3. The third kappa shape index (κ3) is 3.07. The number of allylic oxidation sites excluding steroid dienone is 1. The summed E-state index contributed by atoms with van der Waals surface area (Å²) >= 11 is 5.97. The van der Waals surface area contributed by atoms with Crippen LogP contribution >= 0.6 is 11.6 Å². The molecule has 3 heterocycles. The number of hydrogen-bond acceptors (Lipinski definition) is 3. The number of nitrogens with one attached hydrogen (secondary N) is 1. The highest BCUT2D eigenvalue weighted by atomic mass is 35.5. The van der Waals surface area contributed by atoms with Gasteiger partial charge in [0.2, 0.25) is 0 Å². The zero-order valence-electron chi connectivity index (χ0n) is 13.2. The summed E-state index contributed by atoms with van der Waals surface area (Å²) in [6.07, 6.45) is 0.574. The van der Waals surface area contributed by atoms with Gasteiger partial charge in [0, 0.05) is 30.4 Å². The molecule has 1 aliphatic rings. The number of hydrogen-bond donors (Lipinski definition) is 1. The molecule has 0 spiro atoms. The number of nitrogens with zero attached hydrogens (tertiary/aromatic N) is 3. The topological polar surface area (TPSA) is 61.9 Å². The van der Waals surface area contributed by atoms with Crippen LogP contribution in [0.15, 0.2) is 31.0 Å². The number of carbonyl (C=O) groups is 1. The summed E-state index contributed by atoms with van der Waals surface area (Å²) in [7, 11) is 0. The molecule has 5 nitrogen and oxygen atoms in total. The van der Waals surface area contributed by atoms with Gasteiger partial charge in [-0.25, -0.2) is 13.8 Å². The van der Waals surface area contributed by atoms with Gasteiger partial charge in [0.05, 0.1) is 10.4 Å². The first-order valence-corrected chi connectivity index (χ1v) is 7.92. The van der Waals surface area contributed by atoms with E-state index in [9.17, 15) is 13.6 Å². The number of alkyl halides is 2. The molecule has 0 bridgehead atoms. The average molecular weight is 365 g/mol. The summed E-state index contributed by atoms with van der Waals surface area (Å²) in [4.78, 5) is 24.8. The van der Waals surface area contributed by atoms with Gasteiger partial charge >= 0.3 is 0 Å². The predicted octanol–water partition coefficient (Wildman–Crippen LogP) is 1.75. The third-order valence-corrected chi connectivity index (χ3v) is 4.39. The summed E-state index contributed by atoms with van der Waals surface area (Å²) in [5.74, 6) is -0.720. The quantitative estimate of drug-likeness (QED) is 0.902. The smallest absolute Gasteiger partial charge is 0.290 e. The molecule has 1 atom stereocenters. The summed E-state index contributed by atoms with van der Waals surface area (Å²) in [6, 6.07) is 1.78. The molecular formula is C17H15ClF2N4O. The van der Waals surface area contributed by atoms with Gasteiger partial charge in [0.25, 0.3) is 12.3 Å². The van der Waals surface area contributed by atoms with Crippen molar-refractivity contribution in [1.82, 2.24) is 19.9 Å². The summed E-state index contributed by atoms with van der Waals surface area (Å²) in [5, 5.41) is 0.813. The molecule has 25 heavy (non-hydrogen) atoms. The SMILES string of the molecule is C=C/C(Cl)=c1/nc(C(=O)N2CCc3ncccc3C2C(F)F)[nH]c1=C. The minimum atomic E-state index is -2.75. The summed E-state index contributed by atoms with van der Waals surface area (Å²) in [5.41, 5.74) is 0.937. The number of rotatable bonds is 3. The zero-order chi connectivity index (χ0) is 18.1. The van der Waals surface area contributed by atoms with Crippen LogP contribution in [0, 0.1) is 0 Å². The lowest BCUT2D eigenvalue weighted by Crippen LogP contribution is -2.43. The predicted molar refractivity (Wildman–Crippen MR) is 90.5 cm³/mol. The Balaban J connectivity index is 2.03. The van der Waals surface area contributed by atoms with Gasteiger partial charge in [-0.3, -0.25) is 9.78 Å². The number of H-pyrrole nitrogens is 1. The van der Waals surface area contributed by atoms with Crippen LogP contribution in [0.1, 0.15) is 27.9 Å². The molecule has 0 saturated heterocycles. The molecule has 1 aliphatic heterocycles. The average Bonchev–Trinajstić information content (AvgIpc) is 3.01. The Bertz CT molecular complexity index is 940. The first-order valence-electron chi connectivity index (χ1n) is 7.54. The Kier molecular flexibility index (Phi) is 4.67. The number of fused-ring (bicyclic) bond motifs is 1. The summed E-state index contributed by atoms with van der Waals surface area (Å²) < 4.78 is 27.4. The molecule has 8 heteroatoms. The second kappa shape index (κ2) is 6.76. The van der Waals surface area contributed by atoms with Crippen LogP contribution in [0.5, 0.6) is 0 Å². The molecule has 1 amide bonds. The molecule has 1 N–H and O–H groups in total. The second-order valence-electron chi connectivity index (χ2n) is 5.53. The van der Waals surface area contributed by atoms with Crippen molar-refractivity contribution >= 4 is 29.1 Å². The van der Waals surface area contributed by atoms with Crippen LogP contribution in [-0.2, 0) is 6.42 Å². The van der Waals surface area contributed by atoms with E-state index in [0.717, 1.165) is 4.90 Å². The first-order chi connectivity index (χ1) is 11.9. The Morgan fingerprint density at radius 1 is 1.52 bits per heavy atom. The number of aromatic amines is 1. The van der Waals surface area contributed by atoms with Gasteiger partial charge in [-0.2, -0.15) is 0 Å². The molecule has 1 unspecified atom stereocenters. The maximum Gasteiger partial charge on any atom is 0.290 e. The Morgan fingerprint density at radius 2 is 2.28 bits per heavy atom. The van der Waals surface area contributed by atoms with Gasteiger partial charge in [0.15, 0.2) is 5.82 Å². The minimum absolute atomic E-state index is 0.0852. The van der Waals surface area contributed by atoms with Gasteiger partial charge < -0.3 is 9.88 Å². The van der Waals surface area contributed by atoms with Crippen LogP contribution in [0.2, 0.25) is 0 Å². The molecule has 2 aromatic rings. The number of imidazole rings is 1. The second-order valence-corrected chi connectivity index (χ2v) is 5.94. The van der Waals surface area contributed by atoms with Gasteiger partial charge in [0.1, 0.15) is 11.4 Å². The first kappa shape index (κ1) is 17.3. The van der Waals surface area contributed by atoms with Crippen molar-refractivity contribution in [3.63, 3.8) is 0 Å². The van der Waals surface area contributed by atoms with Crippen molar-refractivity contribution in [2.24, 2.45) is 0 Å². The Morgan fingerprint density at radius 3 is 2.96 bits per heavy atom. The monoisotopic (exact) mass is 364 g/mol. The molecule has 0 aromatic carbocycles. The van der Waals surface area contributed by atoms with E-state index in [-0.39, 0.29) is 22.8 Å². The van der Waals surface area contributed by atoms with E-state index in [4.69, 9.17) is 11.6 Å². The fraction of sp³-hybridized carbons (Fsp3) is 0.235. The molecule has 0 aliphatic carbocycles. The van der Waals surface area contributed by atoms with E-state index in [1.54, 1.807) is 18.3 Å². The molecule has 130 valence electrons. The molecular weight excluding hydrogens is 350 g/mol. The summed E-state index contributed by atoms with van der Waals surface area (Å²) in [6.45, 7) is 7.38. The van der Waals surface area contributed by atoms with Crippen LogP contribution in [0.3, 0.4) is 0 Å². The highest BCUT2D eigenvalue weighted by molar-refractivity contribution is 6.47. The number of aromatic nitrogens is 3. The van der Waals surface area contributed by atoms with E-state index < -0.39 is 18.4 Å². The highest BCUT2D eigenvalue weighted by Crippen LogP contribution is 2.33. The van der Waals surface area contributed by atoms with E-state index in [0.29, 0.717) is 23.0 Å². The maximum absolute atomic E-state index is 13.7. The minimum Gasteiger partial charge on any atom is -0.334 e. The third-order valence-electron chi connectivity index (χ3n) is 4.06. The van der Waals surface area contributed by atoms with E-state index in [1.807, 2.05) is 0 Å². The van der Waals surface area contributed by atoms with Crippen molar-refractivity contribution < 1.29 is 13.6 Å². The molecule has 3 rings (SSSR count). The van der Waals surface area contributed by atoms with Crippen LogP contribution < -0.4 is 10.7 Å². The number of pyridine rings is 1. The molecule has 2 aromatic heterocycles. The molecule has 0 radical (unpaired) electrons. The highest BCUT2D eigenvalue weighted by Gasteiger charge is 2.38. The van der Waals surface area contributed by atoms with Crippen molar-refractivity contribution in [3.8, 4) is 0 Å². The largest absolute Gasteiger partial charge is 0.334 e. The normalized spacial score (nSPS) is 18.1. The van der Waals surface area contributed by atoms with E-state index >= 15 is 0 Å². The van der Waals surface area contributed by atoms with Crippen molar-refractivity contribution in [1.29, 1.82) is 0 Å². The maximum atomic E-state index is 13.7. The Labute approximate surface area is 147 Å². The lowest BCUT2D eigenvalue weighted by molar-refractivity contribution is 0.0153. The van der Waals surface area contributed by atoms with Crippen LogP contribution in [-0.4, -0.2) is 38.7 Å². The van der Waals surface area contributed by atoms with E-state index in [2.05, 4.69) is 28.1 Å². The zero-order valence-corrected chi connectivity index (χ0v) is 13.9. The van der Waals surface area contributed by atoms with Crippen molar-refractivity contribution in [3.05, 3.63) is 58.8 Å². The molecule has 0 saturated carbocycles. The number of carbonyl (C=O) groups excluding carboxylic acids is 1. The van der Waals surface area contributed by atoms with Crippen LogP contribution in [0.4, 0.5) is 8.78 Å². The fourth-order valence-corrected chi connectivity index (χ4v) is 3.06. The lowest BCUT2D eigenvalue weighted by Gasteiger charge is -2.35. The molecule has 0 fully saturated rings. The van der Waals surface area contributed by atoms with Gasteiger partial charge in [-0.15, -0.1) is 0 Å². The van der Waals surface area contributed by atoms with Crippen LogP contribution in [0.25, 0.3) is 11.6 Å².